The van der Waals surface area contributed by atoms with Gasteiger partial charge in [-0.15, -0.1) is 0 Å². The molecule has 0 aliphatic heterocycles. The number of rotatable bonds is 1. The van der Waals surface area contributed by atoms with Crippen molar-refractivity contribution in [1.82, 2.24) is 9.55 Å². The number of fused-ring (bicyclic) bond motifs is 1. The lowest BCUT2D eigenvalue weighted by Crippen LogP contribution is -2.31. The van der Waals surface area contributed by atoms with E-state index in [1.807, 2.05) is 0 Å². The van der Waals surface area contributed by atoms with Crippen LogP contribution in [0.5, 0.6) is 0 Å². The predicted molar refractivity (Wildman–Crippen MR) is 74.2 cm³/mol. The van der Waals surface area contributed by atoms with Gasteiger partial charge < -0.3 is 10.7 Å². The number of imidazole rings is 1. The first-order valence-corrected chi connectivity index (χ1v) is 6.71. The Morgan fingerprint density at radius 1 is 1.26 bits per heavy atom. The summed E-state index contributed by atoms with van der Waals surface area (Å²) in [6.45, 7) is 0. The molecule has 1 aromatic heterocycles. The topological polar surface area (TPSA) is 80.9 Å². The number of nitrogens with zero attached hydrogens (tertiary/aromatic N) is 1. The number of nitrogens with one attached hydrogen (secondary N) is 1. The molecule has 0 amide bonds. The maximum Gasteiger partial charge on any atom is 0.333 e. The van der Waals surface area contributed by atoms with Crippen molar-refractivity contribution in [2.24, 2.45) is 5.92 Å². The second-order valence-electron chi connectivity index (χ2n) is 5.22. The van der Waals surface area contributed by atoms with Crippen molar-refractivity contribution in [1.29, 1.82) is 0 Å². The van der Waals surface area contributed by atoms with Gasteiger partial charge in [0.05, 0.1) is 11.0 Å². The van der Waals surface area contributed by atoms with Gasteiger partial charge in [-0.05, 0) is 31.0 Å². The fraction of sp³-hybridized carbons (Fsp3) is 0.429. The third-order valence-electron chi connectivity index (χ3n) is 3.88. The van der Waals surface area contributed by atoms with Crippen molar-refractivity contribution in [3.63, 3.8) is 0 Å². The van der Waals surface area contributed by atoms with E-state index in [-0.39, 0.29) is 17.5 Å². The molecule has 1 heterocycles. The van der Waals surface area contributed by atoms with Gasteiger partial charge in [0, 0.05) is 11.6 Å². The molecule has 5 nitrogen and oxygen atoms in total. The molecule has 0 saturated heterocycles. The molecular weight excluding hydrogens is 242 g/mol. The third kappa shape index (κ3) is 2.05. The number of H-pyrrole nitrogens is 1. The Labute approximate surface area is 110 Å². The average molecular weight is 259 g/mol. The van der Waals surface area contributed by atoms with Gasteiger partial charge in [0.2, 0.25) is 5.91 Å². The molecule has 100 valence electrons. The van der Waals surface area contributed by atoms with Crippen LogP contribution in [0.4, 0.5) is 5.69 Å². The predicted octanol–water partition coefficient (Wildman–Crippen LogP) is 2.13. The van der Waals surface area contributed by atoms with Crippen molar-refractivity contribution in [2.45, 2.75) is 32.1 Å². The molecule has 0 atom stereocenters. The van der Waals surface area contributed by atoms with Gasteiger partial charge in [-0.3, -0.25) is 4.79 Å². The van der Waals surface area contributed by atoms with E-state index in [0.717, 1.165) is 25.7 Å². The van der Waals surface area contributed by atoms with Gasteiger partial charge in [-0.25, -0.2) is 9.36 Å². The number of benzene rings is 1. The van der Waals surface area contributed by atoms with E-state index >= 15 is 0 Å². The number of aromatic amines is 1. The lowest BCUT2D eigenvalue weighted by atomic mass is 9.88. The van der Waals surface area contributed by atoms with Crippen LogP contribution in [0.2, 0.25) is 0 Å². The molecule has 1 aromatic carbocycles. The molecule has 3 rings (SSSR count). The molecule has 3 N–H and O–H groups in total. The van der Waals surface area contributed by atoms with Gasteiger partial charge in [0.15, 0.2) is 0 Å². The summed E-state index contributed by atoms with van der Waals surface area (Å²) in [5, 5.41) is 0. The van der Waals surface area contributed by atoms with E-state index in [9.17, 15) is 9.59 Å². The molecule has 1 saturated carbocycles. The fourth-order valence-electron chi connectivity index (χ4n) is 2.88. The molecule has 0 bridgehead atoms. The SMILES string of the molecule is Nc1ccc2c(c1)[nH]c(=O)n2C(=O)C1CCCCC1. The number of hydrogen-bond acceptors (Lipinski definition) is 3. The summed E-state index contributed by atoms with van der Waals surface area (Å²) in [5.74, 6) is -0.108. The van der Waals surface area contributed by atoms with Crippen molar-refractivity contribution >= 4 is 22.6 Å². The number of anilines is 1. The number of nitrogen functional groups attached to an aromatic ring is 1. The highest BCUT2D eigenvalue weighted by molar-refractivity contribution is 5.92. The summed E-state index contributed by atoms with van der Waals surface area (Å²) in [4.78, 5) is 27.2. The Morgan fingerprint density at radius 2 is 2.00 bits per heavy atom. The van der Waals surface area contributed by atoms with Crippen molar-refractivity contribution in [2.75, 3.05) is 5.73 Å². The van der Waals surface area contributed by atoms with Crippen LogP contribution >= 0.6 is 0 Å². The normalized spacial score (nSPS) is 16.8. The van der Waals surface area contributed by atoms with Crippen LogP contribution in [-0.2, 0) is 0 Å². The number of aromatic nitrogens is 2. The van der Waals surface area contributed by atoms with Crippen LogP contribution < -0.4 is 11.4 Å². The zero-order valence-electron chi connectivity index (χ0n) is 10.7. The highest BCUT2D eigenvalue weighted by atomic mass is 16.2. The second kappa shape index (κ2) is 4.57. The molecule has 19 heavy (non-hydrogen) atoms. The average Bonchev–Trinajstić information content (AvgIpc) is 2.74. The highest BCUT2D eigenvalue weighted by Gasteiger charge is 2.25. The summed E-state index contributed by atoms with van der Waals surface area (Å²) < 4.78 is 1.27. The van der Waals surface area contributed by atoms with E-state index in [1.165, 1.54) is 11.0 Å². The number of carbonyl (C=O) groups excluding carboxylic acids is 1. The first-order valence-electron chi connectivity index (χ1n) is 6.71. The molecule has 0 spiro atoms. The van der Waals surface area contributed by atoms with E-state index in [1.54, 1.807) is 18.2 Å². The monoisotopic (exact) mass is 259 g/mol. The maximum absolute atomic E-state index is 12.5. The van der Waals surface area contributed by atoms with E-state index < -0.39 is 0 Å². The number of hydrogen-bond donors (Lipinski definition) is 2. The smallest absolute Gasteiger partial charge is 0.333 e. The quantitative estimate of drug-likeness (QED) is 0.770. The lowest BCUT2D eigenvalue weighted by molar-refractivity contribution is 0.0803. The van der Waals surface area contributed by atoms with Gasteiger partial charge in [0.1, 0.15) is 0 Å². The first-order chi connectivity index (χ1) is 9.16. The van der Waals surface area contributed by atoms with Crippen LogP contribution in [0.15, 0.2) is 23.0 Å². The maximum atomic E-state index is 12.5. The molecule has 0 unspecified atom stereocenters. The van der Waals surface area contributed by atoms with Crippen LogP contribution in [0.3, 0.4) is 0 Å². The number of carbonyl (C=O) groups is 1. The van der Waals surface area contributed by atoms with Crippen molar-refractivity contribution in [3.05, 3.63) is 28.7 Å². The molecule has 1 aliphatic rings. The third-order valence-corrected chi connectivity index (χ3v) is 3.88. The van der Waals surface area contributed by atoms with Crippen LogP contribution in [0.1, 0.15) is 36.9 Å². The van der Waals surface area contributed by atoms with E-state index in [2.05, 4.69) is 4.98 Å². The molecule has 2 aromatic rings. The Hall–Kier alpha value is -2.04. The number of nitrogens with two attached hydrogens (primary N) is 1. The van der Waals surface area contributed by atoms with Gasteiger partial charge in [-0.2, -0.15) is 0 Å². The Balaban J connectivity index is 2.06. The molecule has 5 heteroatoms. The van der Waals surface area contributed by atoms with Gasteiger partial charge in [0.25, 0.3) is 0 Å². The molecule has 0 radical (unpaired) electrons. The minimum absolute atomic E-state index is 0.0250. The van der Waals surface area contributed by atoms with E-state index in [4.69, 9.17) is 5.73 Å². The lowest BCUT2D eigenvalue weighted by Gasteiger charge is -2.20. The highest BCUT2D eigenvalue weighted by Crippen LogP contribution is 2.26. The summed E-state index contributed by atoms with van der Waals surface area (Å²) in [7, 11) is 0. The van der Waals surface area contributed by atoms with Crippen molar-refractivity contribution in [3.8, 4) is 0 Å². The van der Waals surface area contributed by atoms with E-state index in [0.29, 0.717) is 16.7 Å². The standard InChI is InChI=1S/C14H17N3O2/c15-10-6-7-12-11(8-10)16-14(19)17(12)13(18)9-4-2-1-3-5-9/h6-9H,1-5,15H2,(H,16,19). The summed E-state index contributed by atoms with van der Waals surface area (Å²) in [6, 6.07) is 5.12. The van der Waals surface area contributed by atoms with Gasteiger partial charge in [-0.1, -0.05) is 19.3 Å². The van der Waals surface area contributed by atoms with Crippen LogP contribution in [0, 0.1) is 5.92 Å². The van der Waals surface area contributed by atoms with Crippen LogP contribution in [0.25, 0.3) is 11.0 Å². The van der Waals surface area contributed by atoms with Crippen LogP contribution in [-0.4, -0.2) is 15.5 Å². The summed E-state index contributed by atoms with van der Waals surface area (Å²) in [5.41, 5.74) is 7.14. The Kier molecular flexibility index (Phi) is 2.89. The molecular formula is C14H17N3O2. The largest absolute Gasteiger partial charge is 0.399 e. The minimum Gasteiger partial charge on any atom is -0.399 e. The zero-order chi connectivity index (χ0) is 13.4. The Bertz CT molecular complexity index is 678. The van der Waals surface area contributed by atoms with Gasteiger partial charge >= 0.3 is 5.69 Å². The minimum atomic E-state index is -0.365. The molecule has 1 aliphatic carbocycles. The fourth-order valence-corrected chi connectivity index (χ4v) is 2.88. The first kappa shape index (κ1) is 12.0. The molecule has 1 fully saturated rings. The summed E-state index contributed by atoms with van der Waals surface area (Å²) in [6.07, 6.45) is 5.09. The van der Waals surface area contributed by atoms with Crippen molar-refractivity contribution < 1.29 is 4.79 Å². The zero-order valence-corrected chi connectivity index (χ0v) is 10.7. The summed E-state index contributed by atoms with van der Waals surface area (Å²) >= 11 is 0. The Morgan fingerprint density at radius 3 is 2.74 bits per heavy atom. The second-order valence-corrected chi connectivity index (χ2v) is 5.22.